The number of halogens is 3. The van der Waals surface area contributed by atoms with E-state index in [1.54, 1.807) is 12.1 Å². The molecule has 0 fully saturated rings. The number of hydrogen-bond donors (Lipinski definition) is 0. The second-order valence-corrected chi connectivity index (χ2v) is 7.10. The molecule has 0 bridgehead atoms. The molecule has 0 aliphatic carbocycles. The third kappa shape index (κ3) is 4.85. The van der Waals surface area contributed by atoms with E-state index in [4.69, 9.17) is 0 Å². The van der Waals surface area contributed by atoms with Gasteiger partial charge in [-0.05, 0) is 49.2 Å². The number of rotatable bonds is 5. The summed E-state index contributed by atoms with van der Waals surface area (Å²) in [7, 11) is 1.50. The zero-order valence-corrected chi connectivity index (χ0v) is 16.5. The first-order valence-corrected chi connectivity index (χ1v) is 9.15. The number of hydrogen-bond acceptors (Lipinski definition) is 2. The van der Waals surface area contributed by atoms with Gasteiger partial charge in [0.05, 0.1) is 17.8 Å². The number of aryl methyl sites for hydroxylation is 2. The Balaban J connectivity index is 1.71. The summed E-state index contributed by atoms with van der Waals surface area (Å²) < 4.78 is 41.4. The average Bonchev–Trinajstić information content (AvgIpc) is 2.98. The summed E-state index contributed by atoms with van der Waals surface area (Å²) >= 11 is 0. The van der Waals surface area contributed by atoms with E-state index in [0.29, 0.717) is 12.1 Å². The monoisotopic (exact) mass is 401 g/mol. The van der Waals surface area contributed by atoms with Crippen molar-refractivity contribution in [2.75, 3.05) is 7.05 Å². The summed E-state index contributed by atoms with van der Waals surface area (Å²) in [5, 5.41) is 4.42. The summed E-state index contributed by atoms with van der Waals surface area (Å²) in [4.78, 5) is 14.0. The quantitative estimate of drug-likeness (QED) is 0.614. The first-order valence-electron chi connectivity index (χ1n) is 9.15. The van der Waals surface area contributed by atoms with Crippen molar-refractivity contribution in [3.8, 4) is 0 Å². The summed E-state index contributed by atoms with van der Waals surface area (Å²) in [5.41, 5.74) is 2.74. The Morgan fingerprint density at radius 1 is 1.07 bits per heavy atom. The van der Waals surface area contributed by atoms with E-state index >= 15 is 0 Å². The number of amides is 1. The first kappa shape index (κ1) is 20.6. The van der Waals surface area contributed by atoms with Crippen LogP contribution in [0.3, 0.4) is 0 Å². The number of benzene rings is 2. The highest BCUT2D eigenvalue weighted by atomic mass is 19.4. The van der Waals surface area contributed by atoms with Crippen LogP contribution in [0.15, 0.2) is 54.6 Å². The fourth-order valence-electron chi connectivity index (χ4n) is 3.24. The summed E-state index contributed by atoms with van der Waals surface area (Å²) in [6.07, 6.45) is -4.45. The van der Waals surface area contributed by atoms with Crippen LogP contribution in [0.5, 0.6) is 0 Å². The second-order valence-electron chi connectivity index (χ2n) is 7.10. The molecule has 0 saturated heterocycles. The summed E-state index contributed by atoms with van der Waals surface area (Å²) in [6.45, 7) is 4.37. The Labute approximate surface area is 167 Å². The van der Waals surface area contributed by atoms with Gasteiger partial charge in [-0.2, -0.15) is 18.3 Å². The van der Waals surface area contributed by atoms with E-state index in [9.17, 15) is 18.0 Å². The van der Waals surface area contributed by atoms with E-state index in [1.807, 2.05) is 36.7 Å². The lowest BCUT2D eigenvalue weighted by Gasteiger charge is -2.20. The van der Waals surface area contributed by atoms with Gasteiger partial charge in [-0.1, -0.05) is 30.3 Å². The smallest absolute Gasteiger partial charge is 0.337 e. The number of carbonyl (C=O) groups excluding carboxylic acids is 1. The molecule has 0 radical (unpaired) electrons. The maximum atomic E-state index is 13.2. The van der Waals surface area contributed by atoms with E-state index in [-0.39, 0.29) is 18.0 Å². The predicted molar refractivity (Wildman–Crippen MR) is 104 cm³/mol. The molecule has 0 saturated carbocycles. The van der Waals surface area contributed by atoms with Crippen molar-refractivity contribution >= 4 is 5.91 Å². The maximum absolute atomic E-state index is 13.2. The van der Waals surface area contributed by atoms with Crippen LogP contribution in [0.2, 0.25) is 0 Å². The fourth-order valence-corrected chi connectivity index (χ4v) is 3.24. The molecule has 0 unspecified atom stereocenters. The van der Waals surface area contributed by atoms with E-state index in [1.165, 1.54) is 30.1 Å². The Hall–Kier alpha value is -3.09. The molecule has 3 rings (SSSR count). The van der Waals surface area contributed by atoms with Gasteiger partial charge in [-0.15, -0.1) is 0 Å². The number of aromatic nitrogens is 2. The molecule has 0 spiro atoms. The van der Waals surface area contributed by atoms with Crippen molar-refractivity contribution in [3.05, 3.63) is 88.2 Å². The van der Waals surface area contributed by atoms with Crippen LogP contribution in [0, 0.1) is 13.8 Å². The van der Waals surface area contributed by atoms with Crippen molar-refractivity contribution in [1.82, 2.24) is 14.7 Å². The molecule has 0 N–H and O–H groups in total. The van der Waals surface area contributed by atoms with Crippen LogP contribution >= 0.6 is 0 Å². The molecule has 1 aromatic heterocycles. The summed E-state index contributed by atoms with van der Waals surface area (Å²) in [6, 6.07) is 14.3. The van der Waals surface area contributed by atoms with Crippen LogP contribution in [-0.2, 0) is 19.3 Å². The zero-order chi connectivity index (χ0) is 21.2. The van der Waals surface area contributed by atoms with Gasteiger partial charge in [0, 0.05) is 24.8 Å². The lowest BCUT2D eigenvalue weighted by molar-refractivity contribution is -0.138. The van der Waals surface area contributed by atoms with Gasteiger partial charge in [0.1, 0.15) is 0 Å². The highest BCUT2D eigenvalue weighted by Gasteiger charge is 2.33. The second kappa shape index (κ2) is 8.11. The van der Waals surface area contributed by atoms with Gasteiger partial charge in [0.2, 0.25) is 0 Å². The molecule has 1 amide bonds. The minimum atomic E-state index is -4.45. The van der Waals surface area contributed by atoms with Crippen LogP contribution in [-0.4, -0.2) is 27.6 Å². The van der Waals surface area contributed by atoms with Crippen molar-refractivity contribution in [2.24, 2.45) is 0 Å². The van der Waals surface area contributed by atoms with Gasteiger partial charge >= 0.3 is 6.18 Å². The lowest BCUT2D eigenvalue weighted by Crippen LogP contribution is -2.27. The van der Waals surface area contributed by atoms with Crippen LogP contribution in [0.1, 0.15) is 38.4 Å². The molecule has 1 heterocycles. The van der Waals surface area contributed by atoms with Crippen molar-refractivity contribution in [2.45, 2.75) is 33.1 Å². The minimum absolute atomic E-state index is 0.0667. The highest BCUT2D eigenvalue weighted by Crippen LogP contribution is 2.32. The van der Waals surface area contributed by atoms with Gasteiger partial charge in [0.25, 0.3) is 5.91 Å². The zero-order valence-electron chi connectivity index (χ0n) is 16.5. The average molecular weight is 401 g/mol. The van der Waals surface area contributed by atoms with Crippen LogP contribution in [0.4, 0.5) is 13.2 Å². The van der Waals surface area contributed by atoms with Crippen molar-refractivity contribution < 1.29 is 18.0 Å². The molecular weight excluding hydrogens is 379 g/mol. The molecule has 4 nitrogen and oxygen atoms in total. The molecule has 2 aromatic carbocycles. The van der Waals surface area contributed by atoms with Gasteiger partial charge in [0.15, 0.2) is 0 Å². The van der Waals surface area contributed by atoms with Gasteiger partial charge in [-0.3, -0.25) is 9.48 Å². The number of carbonyl (C=O) groups is 1. The molecule has 29 heavy (non-hydrogen) atoms. The molecule has 0 aliphatic heterocycles. The molecule has 0 atom stereocenters. The number of nitrogens with zero attached hydrogens (tertiary/aromatic N) is 3. The highest BCUT2D eigenvalue weighted by molar-refractivity contribution is 5.94. The van der Waals surface area contributed by atoms with E-state index in [0.717, 1.165) is 23.0 Å². The molecule has 7 heteroatoms. The third-order valence-corrected chi connectivity index (χ3v) is 4.71. The van der Waals surface area contributed by atoms with Gasteiger partial charge < -0.3 is 4.90 Å². The lowest BCUT2D eigenvalue weighted by atomic mass is 10.1. The largest absolute Gasteiger partial charge is 0.416 e. The topological polar surface area (TPSA) is 38.1 Å². The number of alkyl halides is 3. The predicted octanol–water partition coefficient (Wildman–Crippen LogP) is 4.84. The maximum Gasteiger partial charge on any atom is 0.416 e. The Morgan fingerprint density at radius 3 is 2.31 bits per heavy atom. The summed E-state index contributed by atoms with van der Waals surface area (Å²) in [5.74, 6) is -0.334. The SMILES string of the molecule is Cc1cc(C)n(Cc2ccc(C(=O)N(C)Cc3ccccc3C(F)(F)F)cc2)n1. The van der Waals surface area contributed by atoms with Crippen molar-refractivity contribution in [1.29, 1.82) is 0 Å². The minimum Gasteiger partial charge on any atom is -0.337 e. The van der Waals surface area contributed by atoms with Crippen molar-refractivity contribution in [3.63, 3.8) is 0 Å². The first-order chi connectivity index (χ1) is 13.6. The molecule has 0 aliphatic rings. The Bertz CT molecular complexity index is 1010. The van der Waals surface area contributed by atoms with Crippen LogP contribution < -0.4 is 0 Å². The molecule has 152 valence electrons. The van der Waals surface area contributed by atoms with Gasteiger partial charge in [-0.25, -0.2) is 0 Å². The normalized spacial score (nSPS) is 11.5. The molecular formula is C22H22F3N3O. The third-order valence-electron chi connectivity index (χ3n) is 4.71. The van der Waals surface area contributed by atoms with E-state index < -0.39 is 11.7 Å². The Morgan fingerprint density at radius 2 is 1.72 bits per heavy atom. The van der Waals surface area contributed by atoms with E-state index in [2.05, 4.69) is 5.10 Å². The van der Waals surface area contributed by atoms with Crippen LogP contribution in [0.25, 0.3) is 0 Å². The standard InChI is InChI=1S/C22H22F3N3O/c1-15-12-16(2)28(26-15)13-17-8-10-18(11-9-17)21(29)27(3)14-19-6-4-5-7-20(19)22(23,24)25/h4-12H,13-14H2,1-3H3. The fraction of sp³-hybridized carbons (Fsp3) is 0.273. The molecule has 3 aromatic rings. The Kier molecular flexibility index (Phi) is 5.77.